The van der Waals surface area contributed by atoms with Crippen LogP contribution in [0.1, 0.15) is 33.6 Å². The molecule has 1 atom stereocenters. The molecule has 0 aromatic rings. The number of rotatable bonds is 6. The standard InChI is InChI=1S/C10H24N2/c1-5-7-12(4)9-10(3,6-2)8-11/h5-9,11H2,1-4H3. The van der Waals surface area contributed by atoms with Gasteiger partial charge in [-0.05, 0) is 38.4 Å². The van der Waals surface area contributed by atoms with E-state index in [1.54, 1.807) is 0 Å². The molecule has 0 aliphatic rings. The first-order valence-corrected chi connectivity index (χ1v) is 4.96. The molecule has 2 N–H and O–H groups in total. The maximum atomic E-state index is 5.74. The summed E-state index contributed by atoms with van der Waals surface area (Å²) in [6, 6.07) is 0. The molecule has 0 aliphatic heterocycles. The fourth-order valence-electron chi connectivity index (χ4n) is 1.43. The average Bonchev–Trinajstić information content (AvgIpc) is 2.05. The summed E-state index contributed by atoms with van der Waals surface area (Å²) in [6.07, 6.45) is 2.39. The number of nitrogens with two attached hydrogens (primary N) is 1. The van der Waals surface area contributed by atoms with Crippen LogP contribution in [0.15, 0.2) is 0 Å². The fourth-order valence-corrected chi connectivity index (χ4v) is 1.43. The molecule has 74 valence electrons. The molecule has 1 unspecified atom stereocenters. The van der Waals surface area contributed by atoms with E-state index >= 15 is 0 Å². The molecule has 0 aliphatic carbocycles. The van der Waals surface area contributed by atoms with Gasteiger partial charge in [-0.25, -0.2) is 0 Å². The Balaban J connectivity index is 3.84. The van der Waals surface area contributed by atoms with Crippen LogP contribution in [0.2, 0.25) is 0 Å². The van der Waals surface area contributed by atoms with Crippen LogP contribution in [0.5, 0.6) is 0 Å². The number of hydrogen-bond acceptors (Lipinski definition) is 2. The van der Waals surface area contributed by atoms with E-state index in [-0.39, 0.29) is 0 Å². The van der Waals surface area contributed by atoms with Crippen molar-refractivity contribution in [1.29, 1.82) is 0 Å². The number of nitrogens with zero attached hydrogens (tertiary/aromatic N) is 1. The van der Waals surface area contributed by atoms with Crippen LogP contribution >= 0.6 is 0 Å². The van der Waals surface area contributed by atoms with Gasteiger partial charge in [0, 0.05) is 6.54 Å². The maximum absolute atomic E-state index is 5.74. The van der Waals surface area contributed by atoms with E-state index in [0.29, 0.717) is 5.41 Å². The Labute approximate surface area is 77.1 Å². The zero-order valence-corrected chi connectivity index (χ0v) is 9.06. The summed E-state index contributed by atoms with van der Waals surface area (Å²) in [4.78, 5) is 2.37. The highest BCUT2D eigenvalue weighted by Gasteiger charge is 2.21. The Bertz CT molecular complexity index is 108. The molecule has 2 heteroatoms. The van der Waals surface area contributed by atoms with Gasteiger partial charge in [0.05, 0.1) is 0 Å². The van der Waals surface area contributed by atoms with E-state index in [2.05, 4.69) is 32.7 Å². The molecule has 0 rings (SSSR count). The second kappa shape index (κ2) is 5.55. The van der Waals surface area contributed by atoms with Gasteiger partial charge < -0.3 is 10.6 Å². The third kappa shape index (κ3) is 4.07. The van der Waals surface area contributed by atoms with Gasteiger partial charge in [0.1, 0.15) is 0 Å². The highest BCUT2D eigenvalue weighted by Crippen LogP contribution is 2.19. The minimum absolute atomic E-state index is 0.309. The average molecular weight is 172 g/mol. The van der Waals surface area contributed by atoms with E-state index in [1.165, 1.54) is 13.0 Å². The van der Waals surface area contributed by atoms with Crippen molar-refractivity contribution in [1.82, 2.24) is 4.90 Å². The first-order valence-electron chi connectivity index (χ1n) is 4.96. The summed E-state index contributed by atoms with van der Waals surface area (Å²) in [6.45, 7) is 9.77. The maximum Gasteiger partial charge on any atom is 0.00442 e. The molecule has 0 saturated carbocycles. The van der Waals surface area contributed by atoms with Crippen LogP contribution in [0.4, 0.5) is 0 Å². The van der Waals surface area contributed by atoms with Gasteiger partial charge in [-0.3, -0.25) is 0 Å². The summed E-state index contributed by atoms with van der Waals surface area (Å²) in [5.74, 6) is 0. The summed E-state index contributed by atoms with van der Waals surface area (Å²) in [5.41, 5.74) is 6.04. The van der Waals surface area contributed by atoms with Gasteiger partial charge in [0.15, 0.2) is 0 Å². The van der Waals surface area contributed by atoms with Crippen LogP contribution < -0.4 is 5.73 Å². The zero-order chi connectivity index (χ0) is 9.61. The molecule has 0 spiro atoms. The fraction of sp³-hybridized carbons (Fsp3) is 1.00. The SMILES string of the molecule is CCCN(C)CC(C)(CC)CN. The van der Waals surface area contributed by atoms with Gasteiger partial charge in [0.2, 0.25) is 0 Å². The van der Waals surface area contributed by atoms with Crippen LogP contribution in [-0.4, -0.2) is 31.6 Å². The van der Waals surface area contributed by atoms with Gasteiger partial charge >= 0.3 is 0 Å². The normalized spacial score (nSPS) is 16.5. The Kier molecular flexibility index (Phi) is 5.51. The van der Waals surface area contributed by atoms with Crippen molar-refractivity contribution in [3.63, 3.8) is 0 Å². The lowest BCUT2D eigenvalue weighted by atomic mass is 9.87. The lowest BCUT2D eigenvalue weighted by Crippen LogP contribution is -2.38. The predicted octanol–water partition coefficient (Wildman–Crippen LogP) is 1.70. The number of hydrogen-bond donors (Lipinski definition) is 1. The lowest BCUT2D eigenvalue weighted by Gasteiger charge is -2.31. The Morgan fingerprint density at radius 3 is 2.25 bits per heavy atom. The molecule has 0 saturated heterocycles. The molecule has 0 aromatic heterocycles. The predicted molar refractivity (Wildman–Crippen MR) is 55.2 cm³/mol. The first-order chi connectivity index (χ1) is 5.58. The Morgan fingerprint density at radius 2 is 1.92 bits per heavy atom. The second-order valence-electron chi connectivity index (χ2n) is 4.11. The smallest absolute Gasteiger partial charge is 0.00442 e. The highest BCUT2D eigenvalue weighted by atomic mass is 15.1. The molecule has 0 bridgehead atoms. The van der Waals surface area contributed by atoms with E-state index in [0.717, 1.165) is 19.5 Å². The zero-order valence-electron chi connectivity index (χ0n) is 9.06. The quantitative estimate of drug-likeness (QED) is 0.661. The summed E-state index contributed by atoms with van der Waals surface area (Å²) in [5, 5.41) is 0. The van der Waals surface area contributed by atoms with Crippen LogP contribution in [0, 0.1) is 5.41 Å². The van der Waals surface area contributed by atoms with Gasteiger partial charge in [0.25, 0.3) is 0 Å². The molecule has 0 aromatic carbocycles. The third-order valence-corrected chi connectivity index (χ3v) is 2.60. The summed E-state index contributed by atoms with van der Waals surface area (Å²) < 4.78 is 0. The van der Waals surface area contributed by atoms with Crippen molar-refractivity contribution in [3.8, 4) is 0 Å². The van der Waals surface area contributed by atoms with E-state index < -0.39 is 0 Å². The topological polar surface area (TPSA) is 29.3 Å². The highest BCUT2D eigenvalue weighted by molar-refractivity contribution is 4.76. The van der Waals surface area contributed by atoms with Gasteiger partial charge in [-0.1, -0.05) is 20.8 Å². The molecular formula is C10H24N2. The third-order valence-electron chi connectivity index (χ3n) is 2.60. The lowest BCUT2D eigenvalue weighted by molar-refractivity contribution is 0.192. The van der Waals surface area contributed by atoms with Gasteiger partial charge in [-0.15, -0.1) is 0 Å². The molecule has 12 heavy (non-hydrogen) atoms. The Hall–Kier alpha value is -0.0800. The Morgan fingerprint density at radius 1 is 1.33 bits per heavy atom. The van der Waals surface area contributed by atoms with Crippen molar-refractivity contribution >= 4 is 0 Å². The van der Waals surface area contributed by atoms with Gasteiger partial charge in [-0.2, -0.15) is 0 Å². The molecule has 2 nitrogen and oxygen atoms in total. The van der Waals surface area contributed by atoms with E-state index in [4.69, 9.17) is 5.73 Å². The van der Waals surface area contributed by atoms with Crippen molar-refractivity contribution in [2.45, 2.75) is 33.6 Å². The second-order valence-corrected chi connectivity index (χ2v) is 4.11. The summed E-state index contributed by atoms with van der Waals surface area (Å²) >= 11 is 0. The van der Waals surface area contributed by atoms with Crippen LogP contribution in [0.3, 0.4) is 0 Å². The van der Waals surface area contributed by atoms with Crippen molar-refractivity contribution in [2.75, 3.05) is 26.7 Å². The molecule has 0 amide bonds. The molecular weight excluding hydrogens is 148 g/mol. The minimum Gasteiger partial charge on any atom is -0.330 e. The molecule has 0 fully saturated rings. The van der Waals surface area contributed by atoms with Crippen molar-refractivity contribution in [3.05, 3.63) is 0 Å². The van der Waals surface area contributed by atoms with Crippen molar-refractivity contribution in [2.24, 2.45) is 11.1 Å². The largest absolute Gasteiger partial charge is 0.330 e. The van der Waals surface area contributed by atoms with Crippen molar-refractivity contribution < 1.29 is 0 Å². The van der Waals surface area contributed by atoms with E-state index in [9.17, 15) is 0 Å². The monoisotopic (exact) mass is 172 g/mol. The molecule has 0 radical (unpaired) electrons. The molecule has 0 heterocycles. The first kappa shape index (κ1) is 11.9. The van der Waals surface area contributed by atoms with Crippen LogP contribution in [0.25, 0.3) is 0 Å². The summed E-state index contributed by atoms with van der Waals surface area (Å²) in [7, 11) is 2.17. The van der Waals surface area contributed by atoms with Crippen LogP contribution in [-0.2, 0) is 0 Å². The van der Waals surface area contributed by atoms with E-state index in [1.807, 2.05) is 0 Å². The minimum atomic E-state index is 0.309.